The number of hydrogen-bond donors (Lipinski definition) is 2. The predicted molar refractivity (Wildman–Crippen MR) is 82.9 cm³/mol. The monoisotopic (exact) mass is 331 g/mol. The van der Waals surface area contributed by atoms with Gasteiger partial charge in [-0.3, -0.25) is 4.79 Å². The average molecular weight is 331 g/mol. The van der Waals surface area contributed by atoms with E-state index in [0.29, 0.717) is 36.8 Å². The molecule has 1 atom stereocenters. The number of amides is 1. The van der Waals surface area contributed by atoms with Gasteiger partial charge in [-0.15, -0.1) is 11.3 Å². The van der Waals surface area contributed by atoms with Crippen molar-refractivity contribution in [2.24, 2.45) is 0 Å². The van der Waals surface area contributed by atoms with Crippen LogP contribution in [-0.4, -0.2) is 50.9 Å². The molecule has 2 heterocycles. The van der Waals surface area contributed by atoms with E-state index in [1.165, 1.54) is 22.6 Å². The summed E-state index contributed by atoms with van der Waals surface area (Å²) in [5.74, 6) is -0.0748. The molecular formula is C13H21N3O3S2. The third-order valence-electron chi connectivity index (χ3n) is 3.31. The topological polar surface area (TPSA) is 78.5 Å². The van der Waals surface area contributed by atoms with Crippen molar-refractivity contribution in [2.75, 3.05) is 26.2 Å². The first-order chi connectivity index (χ1) is 9.89. The first-order valence-corrected chi connectivity index (χ1v) is 9.22. The summed E-state index contributed by atoms with van der Waals surface area (Å²) in [6.07, 6.45) is 0.651. The summed E-state index contributed by atoms with van der Waals surface area (Å²) in [4.78, 5) is 11.8. The Kier molecular flexibility index (Phi) is 5.37. The van der Waals surface area contributed by atoms with Crippen LogP contribution in [0, 0.1) is 0 Å². The first-order valence-electron chi connectivity index (χ1n) is 6.96. The molecule has 0 spiro atoms. The van der Waals surface area contributed by atoms with Crippen LogP contribution < -0.4 is 10.6 Å². The van der Waals surface area contributed by atoms with E-state index in [-0.39, 0.29) is 11.9 Å². The predicted octanol–water partition coefficient (Wildman–Crippen LogP) is 0.409. The van der Waals surface area contributed by atoms with Gasteiger partial charge in [0.25, 0.3) is 10.0 Å². The molecule has 21 heavy (non-hydrogen) atoms. The van der Waals surface area contributed by atoms with Gasteiger partial charge in [0.2, 0.25) is 5.91 Å². The maximum absolute atomic E-state index is 12.6. The standard InChI is InChI=1S/C13H21N3O3S2/c1-10-9-16(8-7-14-10)21(18,19)13-4-3-12(20-13)5-6-15-11(2)17/h3-4,10,14H,5-9H2,1-2H3,(H,15,17)/t10-/m0/s1. The lowest BCUT2D eigenvalue weighted by molar-refractivity contribution is -0.118. The number of rotatable bonds is 5. The Hall–Kier alpha value is -0.960. The molecule has 118 valence electrons. The molecule has 0 aromatic carbocycles. The zero-order chi connectivity index (χ0) is 15.5. The maximum atomic E-state index is 12.6. The molecule has 1 amide bonds. The van der Waals surface area contributed by atoms with Crippen molar-refractivity contribution in [2.45, 2.75) is 30.5 Å². The van der Waals surface area contributed by atoms with Gasteiger partial charge in [0, 0.05) is 44.0 Å². The highest BCUT2D eigenvalue weighted by Gasteiger charge is 2.29. The van der Waals surface area contributed by atoms with Gasteiger partial charge in [-0.2, -0.15) is 4.31 Å². The molecule has 1 aliphatic heterocycles. The largest absolute Gasteiger partial charge is 0.356 e. The van der Waals surface area contributed by atoms with Crippen molar-refractivity contribution in [3.05, 3.63) is 17.0 Å². The quantitative estimate of drug-likeness (QED) is 0.819. The Morgan fingerprint density at radius 3 is 2.95 bits per heavy atom. The lowest BCUT2D eigenvalue weighted by atomic mass is 10.3. The van der Waals surface area contributed by atoms with E-state index < -0.39 is 10.0 Å². The summed E-state index contributed by atoms with van der Waals surface area (Å²) in [6, 6.07) is 3.66. The van der Waals surface area contributed by atoms with E-state index in [4.69, 9.17) is 0 Å². The minimum Gasteiger partial charge on any atom is -0.356 e. The Balaban J connectivity index is 2.03. The molecular weight excluding hydrogens is 310 g/mol. The Morgan fingerprint density at radius 2 is 2.29 bits per heavy atom. The molecule has 2 rings (SSSR count). The van der Waals surface area contributed by atoms with Gasteiger partial charge >= 0.3 is 0 Å². The highest BCUT2D eigenvalue weighted by Crippen LogP contribution is 2.25. The van der Waals surface area contributed by atoms with Crippen LogP contribution in [-0.2, 0) is 21.2 Å². The number of carbonyl (C=O) groups excluding carboxylic acids is 1. The van der Waals surface area contributed by atoms with E-state index in [2.05, 4.69) is 10.6 Å². The van der Waals surface area contributed by atoms with Crippen molar-refractivity contribution in [3.63, 3.8) is 0 Å². The average Bonchev–Trinajstić information content (AvgIpc) is 2.88. The summed E-state index contributed by atoms with van der Waals surface area (Å²) < 4.78 is 27.1. The molecule has 0 unspecified atom stereocenters. The van der Waals surface area contributed by atoms with Gasteiger partial charge in [-0.25, -0.2) is 8.42 Å². The molecule has 6 nitrogen and oxygen atoms in total. The van der Waals surface area contributed by atoms with Gasteiger partial charge in [0.05, 0.1) is 0 Å². The number of sulfonamides is 1. The van der Waals surface area contributed by atoms with E-state index >= 15 is 0 Å². The fourth-order valence-electron chi connectivity index (χ4n) is 2.24. The van der Waals surface area contributed by atoms with E-state index in [1.807, 2.05) is 13.0 Å². The van der Waals surface area contributed by atoms with Crippen molar-refractivity contribution in [3.8, 4) is 0 Å². The lowest BCUT2D eigenvalue weighted by Crippen LogP contribution is -2.51. The molecule has 2 N–H and O–H groups in total. The molecule has 0 bridgehead atoms. The second-order valence-corrected chi connectivity index (χ2v) is 8.51. The Morgan fingerprint density at radius 1 is 1.52 bits per heavy atom. The third kappa shape index (κ3) is 4.26. The molecule has 0 radical (unpaired) electrons. The van der Waals surface area contributed by atoms with Crippen LogP contribution in [0.25, 0.3) is 0 Å². The molecule has 0 saturated carbocycles. The van der Waals surface area contributed by atoms with Gasteiger partial charge in [-0.1, -0.05) is 0 Å². The van der Waals surface area contributed by atoms with Crippen LogP contribution in [0.5, 0.6) is 0 Å². The zero-order valence-corrected chi connectivity index (χ0v) is 13.9. The van der Waals surface area contributed by atoms with Crippen molar-refractivity contribution in [1.82, 2.24) is 14.9 Å². The molecule has 1 aromatic rings. The van der Waals surface area contributed by atoms with Crippen molar-refractivity contribution >= 4 is 27.3 Å². The van der Waals surface area contributed by atoms with E-state index in [9.17, 15) is 13.2 Å². The number of nitrogens with one attached hydrogen (secondary N) is 2. The number of hydrogen-bond acceptors (Lipinski definition) is 5. The molecule has 1 saturated heterocycles. The minimum absolute atomic E-state index is 0.0748. The Bertz CT molecular complexity index is 598. The second-order valence-electron chi connectivity index (χ2n) is 5.17. The van der Waals surface area contributed by atoms with Crippen LogP contribution in [0.3, 0.4) is 0 Å². The number of thiophene rings is 1. The molecule has 1 aliphatic rings. The SMILES string of the molecule is CC(=O)NCCc1ccc(S(=O)(=O)N2CCN[C@@H](C)C2)s1. The van der Waals surface area contributed by atoms with Crippen molar-refractivity contribution in [1.29, 1.82) is 0 Å². The summed E-state index contributed by atoms with van der Waals surface area (Å²) in [5.41, 5.74) is 0. The summed E-state index contributed by atoms with van der Waals surface area (Å²) in [5, 5.41) is 5.95. The van der Waals surface area contributed by atoms with E-state index in [0.717, 1.165) is 4.88 Å². The molecule has 0 aliphatic carbocycles. The number of piperazine rings is 1. The number of carbonyl (C=O) groups is 1. The number of nitrogens with zero attached hydrogens (tertiary/aromatic N) is 1. The van der Waals surface area contributed by atoms with Gasteiger partial charge in [-0.05, 0) is 25.5 Å². The van der Waals surface area contributed by atoms with Crippen LogP contribution in [0.4, 0.5) is 0 Å². The van der Waals surface area contributed by atoms with Gasteiger partial charge < -0.3 is 10.6 Å². The van der Waals surface area contributed by atoms with Crippen LogP contribution in [0.15, 0.2) is 16.3 Å². The molecule has 8 heteroatoms. The smallest absolute Gasteiger partial charge is 0.252 e. The fourth-order valence-corrected chi connectivity index (χ4v) is 5.27. The van der Waals surface area contributed by atoms with Crippen LogP contribution in [0.1, 0.15) is 18.7 Å². The van der Waals surface area contributed by atoms with Gasteiger partial charge in [0.1, 0.15) is 4.21 Å². The van der Waals surface area contributed by atoms with Crippen LogP contribution in [0.2, 0.25) is 0 Å². The van der Waals surface area contributed by atoms with Gasteiger partial charge in [0.15, 0.2) is 0 Å². The fraction of sp³-hybridized carbons (Fsp3) is 0.615. The highest BCUT2D eigenvalue weighted by atomic mass is 32.2. The summed E-state index contributed by atoms with van der Waals surface area (Å²) >= 11 is 1.29. The summed E-state index contributed by atoms with van der Waals surface area (Å²) in [7, 11) is -3.39. The summed E-state index contributed by atoms with van der Waals surface area (Å²) in [6.45, 7) is 5.67. The Labute approximate surface area is 129 Å². The van der Waals surface area contributed by atoms with Crippen LogP contribution >= 0.6 is 11.3 Å². The lowest BCUT2D eigenvalue weighted by Gasteiger charge is -2.30. The zero-order valence-electron chi connectivity index (χ0n) is 12.3. The first kappa shape index (κ1) is 16.4. The highest BCUT2D eigenvalue weighted by molar-refractivity contribution is 7.91. The minimum atomic E-state index is -3.39. The maximum Gasteiger partial charge on any atom is 0.252 e. The normalized spacial score (nSPS) is 20.4. The molecule has 1 fully saturated rings. The van der Waals surface area contributed by atoms with E-state index in [1.54, 1.807) is 6.07 Å². The van der Waals surface area contributed by atoms with Crippen molar-refractivity contribution < 1.29 is 13.2 Å². The second kappa shape index (κ2) is 6.87. The molecule has 1 aromatic heterocycles. The third-order valence-corrected chi connectivity index (χ3v) is 6.79.